The molecule has 1 aromatic rings. The van der Waals surface area contributed by atoms with E-state index in [2.05, 4.69) is 22.4 Å². The number of aliphatic hydroxyl groups is 1. The van der Waals surface area contributed by atoms with E-state index in [1.165, 1.54) is 0 Å². The Hall–Kier alpha value is -1.69. The van der Waals surface area contributed by atoms with E-state index in [1.54, 1.807) is 12.1 Å². The van der Waals surface area contributed by atoms with Gasteiger partial charge in [-0.3, -0.25) is 4.79 Å². The first-order valence-corrected chi connectivity index (χ1v) is 7.75. The summed E-state index contributed by atoms with van der Waals surface area (Å²) in [5.41, 5.74) is 0.377. The van der Waals surface area contributed by atoms with Crippen molar-refractivity contribution in [2.45, 2.75) is 45.1 Å². The van der Waals surface area contributed by atoms with Crippen molar-refractivity contribution in [1.29, 1.82) is 0 Å². The van der Waals surface area contributed by atoms with E-state index in [0.717, 1.165) is 38.8 Å². The van der Waals surface area contributed by atoms with Crippen LogP contribution in [-0.4, -0.2) is 51.8 Å². The third kappa shape index (κ3) is 4.14. The fraction of sp³-hybridized carbons (Fsp3) is 0.667. The van der Waals surface area contributed by atoms with Gasteiger partial charge in [0.2, 0.25) is 0 Å². The number of rotatable bonds is 6. The van der Waals surface area contributed by atoms with Gasteiger partial charge in [-0.1, -0.05) is 6.92 Å². The van der Waals surface area contributed by atoms with Crippen molar-refractivity contribution in [2.24, 2.45) is 0 Å². The molecule has 2 heterocycles. The number of hydrogen-bond acceptors (Lipinski definition) is 5. The van der Waals surface area contributed by atoms with Gasteiger partial charge in [0.15, 0.2) is 5.69 Å². The van der Waals surface area contributed by atoms with Crippen LogP contribution in [0.4, 0.5) is 5.82 Å². The number of anilines is 1. The number of likely N-dealkylation sites (tertiary alicyclic amines) is 1. The minimum Gasteiger partial charge on any atom is -0.396 e. The van der Waals surface area contributed by atoms with Gasteiger partial charge in [-0.2, -0.15) is 0 Å². The number of carbonyl (C=O) groups is 1. The van der Waals surface area contributed by atoms with E-state index in [0.29, 0.717) is 17.9 Å². The molecule has 21 heavy (non-hydrogen) atoms. The highest BCUT2D eigenvalue weighted by molar-refractivity contribution is 5.92. The van der Waals surface area contributed by atoms with Gasteiger partial charge in [-0.25, -0.2) is 0 Å². The topological polar surface area (TPSA) is 78.4 Å². The highest BCUT2D eigenvalue weighted by atomic mass is 16.3. The van der Waals surface area contributed by atoms with E-state index in [4.69, 9.17) is 5.11 Å². The monoisotopic (exact) mass is 292 g/mol. The molecule has 2 rings (SSSR count). The maximum atomic E-state index is 12.5. The van der Waals surface area contributed by atoms with E-state index < -0.39 is 0 Å². The molecule has 1 aliphatic heterocycles. The summed E-state index contributed by atoms with van der Waals surface area (Å²) in [6, 6.07) is 3.63. The summed E-state index contributed by atoms with van der Waals surface area (Å²) in [5.74, 6) is 0.613. The van der Waals surface area contributed by atoms with Crippen LogP contribution in [0.1, 0.15) is 49.5 Å². The quantitative estimate of drug-likeness (QED) is 0.834. The van der Waals surface area contributed by atoms with Crippen molar-refractivity contribution in [1.82, 2.24) is 15.1 Å². The minimum absolute atomic E-state index is 0.0808. The molecule has 0 radical (unpaired) electrons. The van der Waals surface area contributed by atoms with Crippen molar-refractivity contribution in [3.05, 3.63) is 17.8 Å². The van der Waals surface area contributed by atoms with Crippen molar-refractivity contribution in [2.75, 3.05) is 25.0 Å². The van der Waals surface area contributed by atoms with E-state index >= 15 is 0 Å². The highest BCUT2D eigenvalue weighted by Crippen LogP contribution is 2.21. The second-order valence-electron chi connectivity index (χ2n) is 5.39. The molecule has 1 aliphatic rings. The third-order valence-electron chi connectivity index (χ3n) is 3.79. The smallest absolute Gasteiger partial charge is 0.274 e. The lowest BCUT2D eigenvalue weighted by molar-refractivity contribution is 0.0567. The first kappa shape index (κ1) is 15.7. The zero-order valence-electron chi connectivity index (χ0n) is 12.6. The maximum absolute atomic E-state index is 12.5. The number of aromatic nitrogens is 2. The van der Waals surface area contributed by atoms with E-state index in [-0.39, 0.29) is 18.6 Å². The van der Waals surface area contributed by atoms with Crippen molar-refractivity contribution >= 4 is 11.7 Å². The Morgan fingerprint density at radius 2 is 2.29 bits per heavy atom. The molecule has 0 bridgehead atoms. The summed E-state index contributed by atoms with van der Waals surface area (Å²) in [7, 11) is 0. The van der Waals surface area contributed by atoms with Crippen LogP contribution in [0.3, 0.4) is 0 Å². The Balaban J connectivity index is 2.03. The average molecular weight is 292 g/mol. The number of nitrogens with one attached hydrogen (secondary N) is 1. The van der Waals surface area contributed by atoms with Crippen LogP contribution in [0.2, 0.25) is 0 Å². The minimum atomic E-state index is -0.0808. The van der Waals surface area contributed by atoms with Crippen LogP contribution in [0.5, 0.6) is 0 Å². The highest BCUT2D eigenvalue weighted by Gasteiger charge is 2.27. The summed E-state index contributed by atoms with van der Waals surface area (Å²) in [5, 5.41) is 20.4. The molecule has 0 aliphatic carbocycles. The van der Waals surface area contributed by atoms with E-state index in [1.807, 2.05) is 4.90 Å². The van der Waals surface area contributed by atoms with Crippen LogP contribution < -0.4 is 5.32 Å². The fourth-order valence-electron chi connectivity index (χ4n) is 2.66. The predicted octanol–water partition coefficient (Wildman–Crippen LogP) is 1.68. The predicted molar refractivity (Wildman–Crippen MR) is 81.2 cm³/mol. The largest absolute Gasteiger partial charge is 0.396 e. The van der Waals surface area contributed by atoms with Gasteiger partial charge in [0, 0.05) is 25.7 Å². The van der Waals surface area contributed by atoms with Gasteiger partial charge >= 0.3 is 0 Å². The average Bonchev–Trinajstić information content (AvgIpc) is 2.53. The van der Waals surface area contributed by atoms with Crippen molar-refractivity contribution in [3.8, 4) is 0 Å². The Kier molecular flexibility index (Phi) is 5.92. The molecule has 0 saturated carbocycles. The van der Waals surface area contributed by atoms with E-state index in [9.17, 15) is 4.79 Å². The zero-order valence-corrected chi connectivity index (χ0v) is 12.6. The second kappa shape index (κ2) is 7.93. The van der Waals surface area contributed by atoms with Crippen molar-refractivity contribution in [3.63, 3.8) is 0 Å². The molecule has 1 amide bonds. The second-order valence-corrected chi connectivity index (χ2v) is 5.39. The maximum Gasteiger partial charge on any atom is 0.274 e. The van der Waals surface area contributed by atoms with Crippen LogP contribution in [-0.2, 0) is 0 Å². The number of hydrogen-bond donors (Lipinski definition) is 2. The van der Waals surface area contributed by atoms with Gasteiger partial charge in [-0.05, 0) is 44.2 Å². The number of aliphatic hydroxyl groups excluding tert-OH is 1. The van der Waals surface area contributed by atoms with Crippen LogP contribution in [0.15, 0.2) is 12.1 Å². The number of carbonyl (C=O) groups excluding carboxylic acids is 1. The Morgan fingerprint density at radius 1 is 1.43 bits per heavy atom. The molecule has 1 aromatic heterocycles. The molecule has 2 N–H and O–H groups in total. The molecular formula is C15H24N4O2. The molecule has 6 heteroatoms. The fourth-order valence-corrected chi connectivity index (χ4v) is 2.66. The number of nitrogens with zero attached hydrogens (tertiary/aromatic N) is 3. The molecule has 1 saturated heterocycles. The summed E-state index contributed by atoms with van der Waals surface area (Å²) >= 11 is 0. The summed E-state index contributed by atoms with van der Waals surface area (Å²) < 4.78 is 0. The molecular weight excluding hydrogens is 268 g/mol. The first-order chi connectivity index (χ1) is 10.3. The third-order valence-corrected chi connectivity index (χ3v) is 3.79. The molecule has 116 valence electrons. The molecule has 1 unspecified atom stereocenters. The van der Waals surface area contributed by atoms with Crippen LogP contribution in [0, 0.1) is 0 Å². The lowest BCUT2D eigenvalue weighted by Crippen LogP contribution is -2.44. The molecule has 0 spiro atoms. The standard InChI is InChI=1S/C15H24N4O2/c1-2-9-16-14-7-6-13(17-18-14)15(21)19-10-4-3-5-12(19)8-11-20/h6-7,12,20H,2-5,8-11H2,1H3,(H,16,18). The summed E-state index contributed by atoms with van der Waals surface area (Å²) in [6.45, 7) is 3.77. The lowest BCUT2D eigenvalue weighted by Gasteiger charge is -2.35. The van der Waals surface area contributed by atoms with Gasteiger partial charge < -0.3 is 15.3 Å². The van der Waals surface area contributed by atoms with Crippen LogP contribution >= 0.6 is 0 Å². The Labute approximate surface area is 125 Å². The normalized spacial score (nSPS) is 18.6. The molecule has 1 fully saturated rings. The van der Waals surface area contributed by atoms with Gasteiger partial charge in [-0.15, -0.1) is 10.2 Å². The van der Waals surface area contributed by atoms with Crippen molar-refractivity contribution < 1.29 is 9.90 Å². The first-order valence-electron chi connectivity index (χ1n) is 7.75. The molecule has 0 aromatic carbocycles. The SMILES string of the molecule is CCCNc1ccc(C(=O)N2CCCCC2CCO)nn1. The Bertz CT molecular complexity index is 447. The number of piperidine rings is 1. The molecule has 1 atom stereocenters. The van der Waals surface area contributed by atoms with Gasteiger partial charge in [0.05, 0.1) is 0 Å². The Morgan fingerprint density at radius 3 is 2.95 bits per heavy atom. The number of amides is 1. The van der Waals surface area contributed by atoms with Gasteiger partial charge in [0.25, 0.3) is 5.91 Å². The summed E-state index contributed by atoms with van der Waals surface area (Å²) in [4.78, 5) is 14.4. The lowest BCUT2D eigenvalue weighted by atomic mass is 9.99. The summed E-state index contributed by atoms with van der Waals surface area (Å²) in [6.07, 6.45) is 4.72. The van der Waals surface area contributed by atoms with Gasteiger partial charge in [0.1, 0.15) is 5.82 Å². The van der Waals surface area contributed by atoms with Crippen LogP contribution in [0.25, 0.3) is 0 Å². The molecule has 6 nitrogen and oxygen atoms in total. The zero-order chi connectivity index (χ0) is 15.1.